The summed E-state index contributed by atoms with van der Waals surface area (Å²) in [6, 6.07) is 7.63. The maximum absolute atomic E-state index is 13.0. The summed E-state index contributed by atoms with van der Waals surface area (Å²) in [7, 11) is 1.30. The monoisotopic (exact) mass is 327 g/mol. The minimum Gasteiger partial charge on any atom is -0.495 e. The summed E-state index contributed by atoms with van der Waals surface area (Å²) in [6.07, 6.45) is 5.61. The van der Waals surface area contributed by atoms with Gasteiger partial charge in [0.05, 0.1) is 12.8 Å². The number of anilines is 1. The number of hydrogen-bond acceptors (Lipinski definition) is 5. The molecule has 0 radical (unpaired) electrons. The van der Waals surface area contributed by atoms with Gasteiger partial charge in [0, 0.05) is 14.2 Å². The van der Waals surface area contributed by atoms with Crippen LogP contribution in [0.2, 0.25) is 0 Å². The van der Waals surface area contributed by atoms with Gasteiger partial charge in [0.1, 0.15) is 11.5 Å². The molecule has 1 atom stereocenters. The average Bonchev–Trinajstić information content (AvgIpc) is 2.60. The summed E-state index contributed by atoms with van der Waals surface area (Å²) in [5.74, 6) is 0.630. The van der Waals surface area contributed by atoms with Gasteiger partial charge in [-0.2, -0.15) is 0 Å². The van der Waals surface area contributed by atoms with E-state index in [0.717, 1.165) is 37.1 Å². The lowest BCUT2D eigenvalue weighted by Gasteiger charge is -2.35. The minimum atomic E-state index is -3.22. The zero-order valence-corrected chi connectivity index (χ0v) is 14.5. The van der Waals surface area contributed by atoms with Crippen LogP contribution in [0.5, 0.6) is 5.75 Å². The molecular weight excluding hydrogens is 301 g/mol. The Morgan fingerprint density at radius 1 is 1.09 bits per heavy atom. The molecule has 0 aromatic heterocycles. The van der Waals surface area contributed by atoms with E-state index >= 15 is 0 Å². The van der Waals surface area contributed by atoms with Crippen molar-refractivity contribution >= 4 is 13.3 Å². The molecule has 0 amide bonds. The molecule has 5 nitrogen and oxygen atoms in total. The smallest absolute Gasteiger partial charge is 0.352 e. The van der Waals surface area contributed by atoms with E-state index in [0.29, 0.717) is 0 Å². The van der Waals surface area contributed by atoms with Gasteiger partial charge in [-0.25, -0.2) is 0 Å². The molecule has 0 saturated heterocycles. The minimum absolute atomic E-state index is 0.268. The van der Waals surface area contributed by atoms with Gasteiger partial charge in [-0.05, 0) is 30.9 Å². The van der Waals surface area contributed by atoms with Crippen molar-refractivity contribution in [2.45, 2.75) is 37.9 Å². The van der Waals surface area contributed by atoms with Crippen molar-refractivity contribution in [2.75, 3.05) is 26.6 Å². The first-order valence-electron chi connectivity index (χ1n) is 7.75. The Morgan fingerprint density at radius 3 is 2.32 bits per heavy atom. The maximum Gasteiger partial charge on any atom is 0.352 e. The summed E-state index contributed by atoms with van der Waals surface area (Å²) in [6.45, 7) is 0. The molecule has 2 rings (SSSR count). The molecule has 0 bridgehead atoms. The first-order chi connectivity index (χ1) is 10.6. The zero-order valence-electron chi connectivity index (χ0n) is 13.6. The van der Waals surface area contributed by atoms with Crippen LogP contribution in [0.4, 0.5) is 5.69 Å². The fraction of sp³-hybridized carbons (Fsp3) is 0.625. The SMILES string of the molecule is COc1ccccc1NC(C1CCCCC1)P(=O)(OC)OC. The van der Waals surface area contributed by atoms with Crippen LogP contribution in [0.25, 0.3) is 0 Å². The highest BCUT2D eigenvalue weighted by Gasteiger charge is 2.40. The normalized spacial score (nSPS) is 18.0. The third-order valence-electron chi connectivity index (χ3n) is 4.36. The first kappa shape index (κ1) is 17.3. The van der Waals surface area contributed by atoms with Crippen LogP contribution in [0.3, 0.4) is 0 Å². The largest absolute Gasteiger partial charge is 0.495 e. The molecule has 1 aromatic carbocycles. The lowest BCUT2D eigenvalue weighted by Crippen LogP contribution is -2.32. The highest BCUT2D eigenvalue weighted by molar-refractivity contribution is 7.54. The van der Waals surface area contributed by atoms with Gasteiger partial charge in [0.25, 0.3) is 0 Å². The predicted molar refractivity (Wildman–Crippen MR) is 88.6 cm³/mol. The maximum atomic E-state index is 13.0. The zero-order chi connectivity index (χ0) is 16.0. The van der Waals surface area contributed by atoms with E-state index < -0.39 is 7.60 Å². The molecular formula is C16H26NO4P. The van der Waals surface area contributed by atoms with Gasteiger partial charge < -0.3 is 19.1 Å². The van der Waals surface area contributed by atoms with E-state index in [1.807, 2.05) is 24.3 Å². The van der Waals surface area contributed by atoms with E-state index in [1.54, 1.807) is 7.11 Å². The highest BCUT2D eigenvalue weighted by atomic mass is 31.2. The van der Waals surface area contributed by atoms with Crippen molar-refractivity contribution in [3.63, 3.8) is 0 Å². The van der Waals surface area contributed by atoms with Crippen LogP contribution in [-0.2, 0) is 13.6 Å². The van der Waals surface area contributed by atoms with E-state index in [2.05, 4.69) is 5.32 Å². The van der Waals surface area contributed by atoms with Gasteiger partial charge in [-0.1, -0.05) is 31.4 Å². The van der Waals surface area contributed by atoms with Gasteiger partial charge in [-0.15, -0.1) is 0 Å². The van der Waals surface area contributed by atoms with Crippen LogP contribution >= 0.6 is 7.60 Å². The van der Waals surface area contributed by atoms with Crippen LogP contribution in [-0.4, -0.2) is 27.1 Å². The van der Waals surface area contributed by atoms with Gasteiger partial charge in [-0.3, -0.25) is 4.57 Å². The molecule has 1 aliphatic rings. The van der Waals surface area contributed by atoms with Crippen molar-refractivity contribution in [3.05, 3.63) is 24.3 Å². The molecule has 0 aliphatic heterocycles. The number of nitrogens with one attached hydrogen (secondary N) is 1. The second kappa shape index (κ2) is 8.00. The fourth-order valence-electron chi connectivity index (χ4n) is 3.13. The highest BCUT2D eigenvalue weighted by Crippen LogP contribution is 2.56. The summed E-state index contributed by atoms with van der Waals surface area (Å²) < 4.78 is 28.9. The molecule has 6 heteroatoms. The number of para-hydroxylation sites is 2. The number of ether oxygens (including phenoxy) is 1. The van der Waals surface area contributed by atoms with E-state index in [9.17, 15) is 4.57 Å². The molecule has 0 spiro atoms. The Balaban J connectivity index is 2.29. The summed E-state index contributed by atoms with van der Waals surface area (Å²) in [5.41, 5.74) is 0.815. The van der Waals surface area contributed by atoms with Crippen molar-refractivity contribution < 1.29 is 18.3 Å². The Morgan fingerprint density at radius 2 is 1.73 bits per heavy atom. The quantitative estimate of drug-likeness (QED) is 0.747. The van der Waals surface area contributed by atoms with Crippen LogP contribution in [0, 0.1) is 5.92 Å². The molecule has 1 N–H and O–H groups in total. The number of rotatable bonds is 7. The molecule has 1 fully saturated rings. The average molecular weight is 327 g/mol. The first-order valence-corrected chi connectivity index (χ1v) is 9.36. The summed E-state index contributed by atoms with van der Waals surface area (Å²) in [5, 5.41) is 3.37. The lowest BCUT2D eigenvalue weighted by atomic mass is 9.89. The molecule has 124 valence electrons. The van der Waals surface area contributed by atoms with Gasteiger partial charge >= 0.3 is 7.60 Å². The van der Waals surface area contributed by atoms with Crippen molar-refractivity contribution in [1.29, 1.82) is 0 Å². The molecule has 0 heterocycles. The van der Waals surface area contributed by atoms with Crippen molar-refractivity contribution in [1.82, 2.24) is 0 Å². The lowest BCUT2D eigenvalue weighted by molar-refractivity contribution is 0.244. The van der Waals surface area contributed by atoms with Crippen LogP contribution in [0.15, 0.2) is 24.3 Å². The van der Waals surface area contributed by atoms with Gasteiger partial charge in [0.15, 0.2) is 0 Å². The van der Waals surface area contributed by atoms with E-state index in [1.165, 1.54) is 20.6 Å². The Bertz CT molecular complexity index is 509. The summed E-state index contributed by atoms with van der Waals surface area (Å²) in [4.78, 5) is 0. The van der Waals surface area contributed by atoms with Crippen LogP contribution in [0.1, 0.15) is 32.1 Å². The molecule has 22 heavy (non-hydrogen) atoms. The summed E-state index contributed by atoms with van der Waals surface area (Å²) >= 11 is 0. The van der Waals surface area contributed by atoms with E-state index in [4.69, 9.17) is 13.8 Å². The Kier molecular flexibility index (Phi) is 6.30. The number of benzene rings is 1. The second-order valence-corrected chi connectivity index (χ2v) is 7.96. The number of methoxy groups -OCH3 is 1. The Labute approximate surface area is 132 Å². The molecule has 1 unspecified atom stereocenters. The number of hydrogen-bond donors (Lipinski definition) is 1. The Hall–Kier alpha value is -1.03. The topological polar surface area (TPSA) is 56.8 Å². The van der Waals surface area contributed by atoms with Crippen molar-refractivity contribution in [3.8, 4) is 5.75 Å². The van der Waals surface area contributed by atoms with Crippen molar-refractivity contribution in [2.24, 2.45) is 5.92 Å². The molecule has 1 aliphatic carbocycles. The molecule has 1 saturated carbocycles. The molecule has 1 aromatic rings. The van der Waals surface area contributed by atoms with Crippen LogP contribution < -0.4 is 10.1 Å². The third-order valence-corrected chi connectivity index (χ3v) is 6.61. The second-order valence-electron chi connectivity index (χ2n) is 5.59. The van der Waals surface area contributed by atoms with Gasteiger partial charge in [0.2, 0.25) is 0 Å². The standard InChI is InChI=1S/C16H26NO4P/c1-19-15-12-8-7-11-14(15)17-16(22(18,20-2)21-3)13-9-5-4-6-10-13/h7-8,11-13,16-17H,4-6,9-10H2,1-3H3. The van der Waals surface area contributed by atoms with E-state index in [-0.39, 0.29) is 11.7 Å². The fourth-order valence-corrected chi connectivity index (χ4v) is 4.84. The third kappa shape index (κ3) is 3.83. The predicted octanol–water partition coefficient (Wildman–Crippen LogP) is 4.50.